The van der Waals surface area contributed by atoms with Crippen LogP contribution in [0.15, 0.2) is 18.2 Å². The first-order valence-electron chi connectivity index (χ1n) is 10.3. The Balaban J connectivity index is 1.82. The molecule has 5 heteroatoms. The van der Waals surface area contributed by atoms with Crippen LogP contribution in [0.3, 0.4) is 0 Å². The summed E-state index contributed by atoms with van der Waals surface area (Å²) in [6, 6.07) is 6.26. The molecule has 2 aliphatic carbocycles. The zero-order chi connectivity index (χ0) is 19.6. The molecule has 148 valence electrons. The zero-order valence-electron chi connectivity index (χ0n) is 17.1. The second-order valence-corrected chi connectivity index (χ2v) is 8.35. The van der Waals surface area contributed by atoms with Crippen molar-refractivity contribution in [2.45, 2.75) is 65.0 Å². The molecule has 2 fully saturated rings. The Hall–Kier alpha value is -2.04. The number of nitrogens with one attached hydrogen (secondary N) is 1. The van der Waals surface area contributed by atoms with Crippen molar-refractivity contribution in [3.05, 3.63) is 23.8 Å². The number of hydrogen-bond donors (Lipinski definition) is 1. The maximum absolute atomic E-state index is 12.8. The van der Waals surface area contributed by atoms with Crippen LogP contribution >= 0.6 is 0 Å². The summed E-state index contributed by atoms with van der Waals surface area (Å²) in [7, 11) is 4.03. The highest BCUT2D eigenvalue weighted by Gasteiger charge is 2.35. The van der Waals surface area contributed by atoms with E-state index in [1.165, 1.54) is 0 Å². The summed E-state index contributed by atoms with van der Waals surface area (Å²) in [5.41, 5.74) is 3.00. The highest BCUT2D eigenvalue weighted by molar-refractivity contribution is 5.93. The summed E-state index contributed by atoms with van der Waals surface area (Å²) in [6.07, 6.45) is 6.11. The number of carbonyl (C=O) groups excluding carboxylic acids is 2. The molecule has 27 heavy (non-hydrogen) atoms. The van der Waals surface area contributed by atoms with Crippen LogP contribution in [0.25, 0.3) is 0 Å². The lowest BCUT2D eigenvalue weighted by Crippen LogP contribution is -2.39. The van der Waals surface area contributed by atoms with Crippen molar-refractivity contribution in [1.29, 1.82) is 0 Å². The van der Waals surface area contributed by atoms with E-state index in [0.29, 0.717) is 6.54 Å². The molecule has 2 aliphatic rings. The number of nitrogens with zero attached hydrogens (tertiary/aromatic N) is 2. The van der Waals surface area contributed by atoms with Gasteiger partial charge in [0.05, 0.1) is 0 Å². The van der Waals surface area contributed by atoms with E-state index >= 15 is 0 Å². The molecule has 0 bridgehead atoms. The number of amides is 2. The fourth-order valence-electron chi connectivity index (χ4n) is 3.56. The summed E-state index contributed by atoms with van der Waals surface area (Å²) in [5, 5.41) is 3.07. The van der Waals surface area contributed by atoms with E-state index in [1.54, 1.807) is 0 Å². The van der Waals surface area contributed by atoms with Crippen LogP contribution in [0.4, 0.5) is 11.4 Å². The first-order chi connectivity index (χ1) is 12.9. The first-order valence-corrected chi connectivity index (χ1v) is 10.3. The molecule has 0 radical (unpaired) electrons. The van der Waals surface area contributed by atoms with Gasteiger partial charge >= 0.3 is 0 Å². The maximum Gasteiger partial charge on any atom is 0.227 e. The summed E-state index contributed by atoms with van der Waals surface area (Å²) in [6.45, 7) is 4.84. The van der Waals surface area contributed by atoms with Crippen LogP contribution < -0.4 is 10.2 Å². The smallest absolute Gasteiger partial charge is 0.227 e. The van der Waals surface area contributed by atoms with E-state index in [0.717, 1.165) is 55.5 Å². The topological polar surface area (TPSA) is 52.7 Å². The highest BCUT2D eigenvalue weighted by atomic mass is 16.2. The van der Waals surface area contributed by atoms with Gasteiger partial charge in [-0.05, 0) is 62.8 Å². The first kappa shape index (κ1) is 19.7. The Morgan fingerprint density at radius 3 is 2.37 bits per heavy atom. The van der Waals surface area contributed by atoms with E-state index in [9.17, 15) is 9.59 Å². The summed E-state index contributed by atoms with van der Waals surface area (Å²) >= 11 is 0. The van der Waals surface area contributed by atoms with E-state index in [-0.39, 0.29) is 29.7 Å². The lowest BCUT2D eigenvalue weighted by molar-refractivity contribution is -0.135. The predicted molar refractivity (Wildman–Crippen MR) is 110 cm³/mol. The average Bonchev–Trinajstić information content (AvgIpc) is 3.41. The Bertz CT molecular complexity index is 693. The van der Waals surface area contributed by atoms with Gasteiger partial charge in [0.25, 0.3) is 0 Å². The molecule has 3 rings (SSSR count). The van der Waals surface area contributed by atoms with E-state index in [1.807, 2.05) is 37.2 Å². The SMILES string of the molecule is CC[C@@H](C)N(Cc1cc(NC(=O)C2CCC2)ccc1N(C)C)C(=O)C1CC1. The minimum atomic E-state index is 0.123. The number of hydrogen-bond acceptors (Lipinski definition) is 3. The molecular formula is C22H33N3O2. The van der Waals surface area contributed by atoms with Crippen LogP contribution in [-0.2, 0) is 16.1 Å². The molecule has 1 aromatic rings. The Morgan fingerprint density at radius 2 is 1.85 bits per heavy atom. The van der Waals surface area contributed by atoms with Gasteiger partial charge in [0, 0.05) is 49.9 Å². The van der Waals surface area contributed by atoms with Crippen molar-refractivity contribution in [2.24, 2.45) is 11.8 Å². The lowest BCUT2D eigenvalue weighted by atomic mass is 9.85. The fraction of sp³-hybridized carbons (Fsp3) is 0.636. The second kappa shape index (κ2) is 8.32. The standard InChI is InChI=1S/C22H33N3O2/c1-5-15(2)25(22(27)17-9-10-17)14-18-13-19(11-12-20(18)24(3)4)23-21(26)16-7-6-8-16/h11-13,15-17H,5-10,14H2,1-4H3,(H,23,26)/t15-/m1/s1. The Morgan fingerprint density at radius 1 is 1.15 bits per heavy atom. The third kappa shape index (κ3) is 4.63. The monoisotopic (exact) mass is 371 g/mol. The van der Waals surface area contributed by atoms with Crippen LogP contribution in [0.5, 0.6) is 0 Å². The molecule has 0 aromatic heterocycles. The largest absolute Gasteiger partial charge is 0.377 e. The summed E-state index contributed by atoms with van der Waals surface area (Å²) in [4.78, 5) is 29.3. The van der Waals surface area contributed by atoms with E-state index in [4.69, 9.17) is 0 Å². The molecule has 5 nitrogen and oxygen atoms in total. The number of benzene rings is 1. The molecule has 0 aliphatic heterocycles. The van der Waals surface area contributed by atoms with Crippen molar-refractivity contribution in [2.75, 3.05) is 24.3 Å². The quantitative estimate of drug-likeness (QED) is 0.751. The van der Waals surface area contributed by atoms with Crippen molar-refractivity contribution in [3.63, 3.8) is 0 Å². The molecule has 0 spiro atoms. The van der Waals surface area contributed by atoms with Crippen molar-refractivity contribution < 1.29 is 9.59 Å². The van der Waals surface area contributed by atoms with Gasteiger partial charge in [0.15, 0.2) is 0 Å². The molecule has 0 heterocycles. The molecule has 1 aromatic carbocycles. The predicted octanol–water partition coefficient (Wildman–Crippen LogP) is 4.03. The number of rotatable bonds is 8. The van der Waals surface area contributed by atoms with Gasteiger partial charge in [0.1, 0.15) is 0 Å². The highest BCUT2D eigenvalue weighted by Crippen LogP contribution is 2.34. The molecule has 2 saturated carbocycles. The lowest BCUT2D eigenvalue weighted by Gasteiger charge is -2.31. The number of carbonyl (C=O) groups is 2. The van der Waals surface area contributed by atoms with Crippen molar-refractivity contribution >= 4 is 23.2 Å². The zero-order valence-corrected chi connectivity index (χ0v) is 17.1. The van der Waals surface area contributed by atoms with E-state index < -0.39 is 0 Å². The van der Waals surface area contributed by atoms with Crippen LogP contribution in [-0.4, -0.2) is 36.9 Å². The Labute approximate surface area is 163 Å². The van der Waals surface area contributed by atoms with Gasteiger partial charge in [-0.2, -0.15) is 0 Å². The molecule has 0 unspecified atom stereocenters. The van der Waals surface area contributed by atoms with Gasteiger partial charge < -0.3 is 15.1 Å². The molecule has 0 saturated heterocycles. The molecule has 1 N–H and O–H groups in total. The summed E-state index contributed by atoms with van der Waals surface area (Å²) < 4.78 is 0. The second-order valence-electron chi connectivity index (χ2n) is 8.35. The van der Waals surface area contributed by atoms with Gasteiger partial charge in [-0.1, -0.05) is 13.3 Å². The van der Waals surface area contributed by atoms with Crippen molar-refractivity contribution in [3.8, 4) is 0 Å². The van der Waals surface area contributed by atoms with Crippen LogP contribution in [0, 0.1) is 11.8 Å². The Kier molecular flexibility index (Phi) is 6.08. The number of anilines is 2. The minimum absolute atomic E-state index is 0.123. The van der Waals surface area contributed by atoms with E-state index in [2.05, 4.69) is 24.1 Å². The van der Waals surface area contributed by atoms with Gasteiger partial charge in [-0.25, -0.2) is 0 Å². The summed E-state index contributed by atoms with van der Waals surface area (Å²) in [5.74, 6) is 0.772. The average molecular weight is 372 g/mol. The normalized spacial score (nSPS) is 17.8. The third-order valence-corrected chi connectivity index (χ3v) is 5.98. The third-order valence-electron chi connectivity index (χ3n) is 5.98. The van der Waals surface area contributed by atoms with Crippen LogP contribution in [0.1, 0.15) is 57.9 Å². The van der Waals surface area contributed by atoms with Gasteiger partial charge in [-0.3, -0.25) is 9.59 Å². The van der Waals surface area contributed by atoms with Gasteiger partial charge in [0.2, 0.25) is 11.8 Å². The minimum Gasteiger partial charge on any atom is -0.377 e. The molecule has 1 atom stereocenters. The van der Waals surface area contributed by atoms with Crippen LogP contribution in [0.2, 0.25) is 0 Å². The van der Waals surface area contributed by atoms with Crippen molar-refractivity contribution in [1.82, 2.24) is 4.90 Å². The molecular weight excluding hydrogens is 338 g/mol. The van der Waals surface area contributed by atoms with Gasteiger partial charge in [-0.15, -0.1) is 0 Å². The molecule has 2 amide bonds. The maximum atomic E-state index is 12.8. The fourth-order valence-corrected chi connectivity index (χ4v) is 3.56.